The summed E-state index contributed by atoms with van der Waals surface area (Å²) in [4.78, 5) is 12.5. The first-order chi connectivity index (χ1) is 13.3. The molecule has 1 heterocycles. The van der Waals surface area contributed by atoms with Crippen LogP contribution in [0.5, 0.6) is 0 Å². The molecule has 10 heteroatoms. The highest BCUT2D eigenvalue weighted by Gasteiger charge is 2.15. The minimum atomic E-state index is -0.659. The van der Waals surface area contributed by atoms with Crippen molar-refractivity contribution in [2.75, 3.05) is 12.1 Å². The van der Waals surface area contributed by atoms with E-state index in [1.165, 1.54) is 54.8 Å². The van der Waals surface area contributed by atoms with Crippen molar-refractivity contribution in [2.45, 2.75) is 0 Å². The van der Waals surface area contributed by atoms with Crippen LogP contribution in [-0.4, -0.2) is 23.0 Å². The van der Waals surface area contributed by atoms with Crippen molar-refractivity contribution < 1.29 is 8.78 Å². The quantitative estimate of drug-likeness (QED) is 0.424. The summed E-state index contributed by atoms with van der Waals surface area (Å²) < 4.78 is 28.1. The number of aromatic nitrogens is 2. The van der Waals surface area contributed by atoms with Crippen molar-refractivity contribution in [1.29, 1.82) is 0 Å². The molecule has 0 unspecified atom stereocenters. The third-order valence-electron chi connectivity index (χ3n) is 3.76. The third kappa shape index (κ3) is 4.01. The Morgan fingerprint density at radius 1 is 1.11 bits per heavy atom. The van der Waals surface area contributed by atoms with Crippen molar-refractivity contribution in [3.05, 3.63) is 85.2 Å². The smallest absolute Gasteiger partial charge is 0.266 e. The number of rotatable bonds is 4. The topological polar surface area (TPSA) is 50.5 Å². The van der Waals surface area contributed by atoms with Crippen LogP contribution < -0.4 is 10.6 Å². The second kappa shape index (κ2) is 8.26. The normalized spacial score (nSPS) is 11.2. The zero-order chi connectivity index (χ0) is 20.4. The van der Waals surface area contributed by atoms with E-state index >= 15 is 0 Å². The summed E-state index contributed by atoms with van der Waals surface area (Å²) in [7, 11) is 1.51. The van der Waals surface area contributed by atoms with Gasteiger partial charge in [0.1, 0.15) is 22.3 Å². The summed E-state index contributed by atoms with van der Waals surface area (Å²) >= 11 is 17.9. The van der Waals surface area contributed by atoms with Gasteiger partial charge in [-0.15, -0.1) is 0 Å². The van der Waals surface area contributed by atoms with E-state index in [-0.39, 0.29) is 32.0 Å². The van der Waals surface area contributed by atoms with Crippen molar-refractivity contribution in [2.24, 2.45) is 5.10 Å². The number of halogens is 5. The molecule has 0 aliphatic heterocycles. The average molecular weight is 444 g/mol. The van der Waals surface area contributed by atoms with Crippen LogP contribution in [0.1, 0.15) is 5.56 Å². The summed E-state index contributed by atoms with van der Waals surface area (Å²) in [5, 5.41) is 9.16. The van der Waals surface area contributed by atoms with Crippen molar-refractivity contribution >= 4 is 46.7 Å². The molecule has 5 nitrogen and oxygen atoms in total. The Kier molecular flexibility index (Phi) is 5.98. The van der Waals surface area contributed by atoms with Crippen LogP contribution >= 0.6 is 34.8 Å². The maximum Gasteiger partial charge on any atom is 0.292 e. The summed E-state index contributed by atoms with van der Waals surface area (Å²) in [6.45, 7) is 0. The Balaban J connectivity index is 1.95. The van der Waals surface area contributed by atoms with Gasteiger partial charge in [-0.1, -0.05) is 40.9 Å². The molecule has 0 aliphatic carbocycles. The Bertz CT molecular complexity index is 1110. The molecule has 0 radical (unpaired) electrons. The Labute approximate surface area is 173 Å². The molecule has 2 aromatic carbocycles. The van der Waals surface area contributed by atoms with E-state index < -0.39 is 17.2 Å². The van der Waals surface area contributed by atoms with E-state index in [1.54, 1.807) is 0 Å². The first-order valence-electron chi connectivity index (χ1n) is 7.74. The van der Waals surface area contributed by atoms with Crippen molar-refractivity contribution in [3.63, 3.8) is 0 Å². The van der Waals surface area contributed by atoms with Gasteiger partial charge in [-0.3, -0.25) is 9.80 Å². The molecule has 3 aromatic rings. The van der Waals surface area contributed by atoms with Crippen molar-refractivity contribution in [3.8, 4) is 5.69 Å². The molecule has 0 N–H and O–H groups in total. The van der Waals surface area contributed by atoms with E-state index in [1.807, 2.05) is 0 Å². The lowest BCUT2D eigenvalue weighted by Gasteiger charge is -2.15. The Morgan fingerprint density at radius 3 is 2.54 bits per heavy atom. The molecule has 0 spiro atoms. The molecule has 3 rings (SSSR count). The zero-order valence-corrected chi connectivity index (χ0v) is 16.5. The highest BCUT2D eigenvalue weighted by Crippen LogP contribution is 2.23. The lowest BCUT2D eigenvalue weighted by Crippen LogP contribution is -2.24. The fourth-order valence-corrected chi connectivity index (χ4v) is 2.93. The number of nitrogens with zero attached hydrogens (tertiary/aromatic N) is 4. The van der Waals surface area contributed by atoms with E-state index in [0.29, 0.717) is 0 Å². The van der Waals surface area contributed by atoms with Crippen LogP contribution in [0.2, 0.25) is 15.1 Å². The molecule has 0 saturated carbocycles. The number of hydrogen-bond donors (Lipinski definition) is 0. The van der Waals surface area contributed by atoms with Gasteiger partial charge < -0.3 is 0 Å². The van der Waals surface area contributed by atoms with Gasteiger partial charge >= 0.3 is 0 Å². The van der Waals surface area contributed by atoms with Gasteiger partial charge in [0.25, 0.3) is 5.56 Å². The van der Waals surface area contributed by atoms with Crippen LogP contribution in [0.3, 0.4) is 0 Å². The van der Waals surface area contributed by atoms with Crippen LogP contribution in [0.4, 0.5) is 14.5 Å². The summed E-state index contributed by atoms with van der Waals surface area (Å²) in [5.74, 6) is -1.17. The predicted molar refractivity (Wildman–Crippen MR) is 107 cm³/mol. The summed E-state index contributed by atoms with van der Waals surface area (Å²) in [5.41, 5.74) is -0.142. The third-order valence-corrected chi connectivity index (χ3v) is 4.73. The minimum absolute atomic E-state index is 0.0920. The number of hydrazone groups is 1. The molecule has 0 atom stereocenters. The van der Waals surface area contributed by atoms with Gasteiger partial charge in [0.05, 0.1) is 28.1 Å². The van der Waals surface area contributed by atoms with E-state index in [4.69, 9.17) is 34.8 Å². The van der Waals surface area contributed by atoms with Crippen molar-refractivity contribution in [1.82, 2.24) is 9.78 Å². The second-order valence-electron chi connectivity index (χ2n) is 5.56. The lowest BCUT2D eigenvalue weighted by atomic mass is 10.2. The fraction of sp³-hybridized carbons (Fsp3) is 0.0556. The van der Waals surface area contributed by atoms with Gasteiger partial charge in [0, 0.05) is 12.6 Å². The molecule has 28 heavy (non-hydrogen) atoms. The van der Waals surface area contributed by atoms with E-state index in [0.717, 1.165) is 10.7 Å². The summed E-state index contributed by atoms with van der Waals surface area (Å²) in [6, 6.07) is 7.95. The first kappa shape index (κ1) is 20.3. The highest BCUT2D eigenvalue weighted by molar-refractivity contribution is 6.33. The molecule has 144 valence electrons. The second-order valence-corrected chi connectivity index (χ2v) is 6.76. The monoisotopic (exact) mass is 442 g/mol. The SMILES string of the molecule is CN(/N=C/c1c(F)cccc1Cl)c1cnn(-c2ccc(F)c(Cl)c2)c(=O)c1Cl. The maximum atomic E-state index is 13.8. The molecule has 1 aromatic heterocycles. The van der Waals surface area contributed by atoms with Crippen LogP contribution in [0.15, 0.2) is 52.5 Å². The molecular formula is C18H11Cl3F2N4O. The largest absolute Gasteiger partial charge is 0.292 e. The maximum absolute atomic E-state index is 13.8. The molecule has 0 amide bonds. The van der Waals surface area contributed by atoms with Crippen LogP contribution in [0.25, 0.3) is 5.69 Å². The molecule has 0 fully saturated rings. The molecule has 0 bridgehead atoms. The van der Waals surface area contributed by atoms with Crippen LogP contribution in [-0.2, 0) is 0 Å². The average Bonchev–Trinajstić information content (AvgIpc) is 2.65. The van der Waals surface area contributed by atoms with Gasteiger partial charge in [-0.05, 0) is 30.3 Å². The first-order valence-corrected chi connectivity index (χ1v) is 8.88. The van der Waals surface area contributed by atoms with Gasteiger partial charge in [-0.25, -0.2) is 8.78 Å². The standard InChI is InChI=1S/C18H11Cl3F2N4O/c1-26(24-8-11-12(19)3-2-4-14(11)22)16-9-25-27(18(28)17(16)21)10-5-6-15(23)13(20)7-10/h2-9H,1H3/b24-8+. The molecule has 0 aliphatic rings. The number of benzene rings is 2. The van der Waals surface area contributed by atoms with Crippen LogP contribution in [0, 0.1) is 11.6 Å². The highest BCUT2D eigenvalue weighted by atomic mass is 35.5. The summed E-state index contributed by atoms with van der Waals surface area (Å²) in [6.07, 6.45) is 2.50. The van der Waals surface area contributed by atoms with E-state index in [9.17, 15) is 13.6 Å². The zero-order valence-electron chi connectivity index (χ0n) is 14.2. The minimum Gasteiger partial charge on any atom is -0.266 e. The van der Waals surface area contributed by atoms with Gasteiger partial charge in [0.15, 0.2) is 0 Å². The Hall–Kier alpha value is -2.48. The van der Waals surface area contributed by atoms with E-state index in [2.05, 4.69) is 10.2 Å². The molecule has 0 saturated heterocycles. The predicted octanol–water partition coefficient (Wildman–Crippen LogP) is 4.94. The fourth-order valence-electron chi connectivity index (χ4n) is 2.29. The number of hydrogen-bond acceptors (Lipinski definition) is 4. The molecular weight excluding hydrogens is 433 g/mol. The number of anilines is 1. The lowest BCUT2D eigenvalue weighted by molar-refractivity contribution is 0.626. The van der Waals surface area contributed by atoms with Gasteiger partial charge in [-0.2, -0.15) is 14.9 Å². The van der Waals surface area contributed by atoms with Gasteiger partial charge in [0.2, 0.25) is 0 Å². The Morgan fingerprint density at radius 2 is 1.86 bits per heavy atom.